The molecule has 1 aliphatic heterocycles. The molecule has 19 heavy (non-hydrogen) atoms. The summed E-state index contributed by atoms with van der Waals surface area (Å²) in [4.78, 5) is 13.6. The molecule has 1 aliphatic rings. The van der Waals surface area contributed by atoms with Crippen LogP contribution in [0.4, 0.5) is 4.39 Å². The molecule has 0 saturated carbocycles. The number of nitrogens with zero attached hydrogens (tertiary/aromatic N) is 1. The Labute approximate surface area is 112 Å². The lowest BCUT2D eigenvalue weighted by Gasteiger charge is -2.16. The summed E-state index contributed by atoms with van der Waals surface area (Å²) in [6.45, 7) is 0.733. The van der Waals surface area contributed by atoms with Crippen LogP contribution in [0.2, 0.25) is 0 Å². The molecular weight excluding hydrogens is 269 g/mol. The fraction of sp³-hybridized carbons (Fsp3) is 0.462. The van der Waals surface area contributed by atoms with Crippen molar-refractivity contribution < 1.29 is 17.6 Å². The van der Waals surface area contributed by atoms with E-state index in [1.165, 1.54) is 18.4 Å². The summed E-state index contributed by atoms with van der Waals surface area (Å²) >= 11 is 0. The SMILES string of the molecule is CS(=O)(=O)C1CCN(C(=O)Cc2ccc(F)cc2)C1. The molecule has 1 fully saturated rings. The minimum atomic E-state index is -3.09. The van der Waals surface area contributed by atoms with E-state index < -0.39 is 15.1 Å². The fourth-order valence-corrected chi connectivity index (χ4v) is 3.18. The molecule has 1 atom stereocenters. The van der Waals surface area contributed by atoms with Crippen molar-refractivity contribution in [3.63, 3.8) is 0 Å². The molecule has 0 aromatic heterocycles. The molecule has 1 aromatic carbocycles. The predicted octanol–water partition coefficient (Wildman–Crippen LogP) is 1.01. The fourth-order valence-electron chi connectivity index (χ4n) is 2.19. The van der Waals surface area contributed by atoms with Crippen LogP contribution in [0.1, 0.15) is 12.0 Å². The molecule has 1 unspecified atom stereocenters. The number of amides is 1. The highest BCUT2D eigenvalue weighted by molar-refractivity contribution is 7.91. The molecule has 1 amide bonds. The molecule has 6 heteroatoms. The molecule has 0 aliphatic carbocycles. The number of hydrogen-bond acceptors (Lipinski definition) is 3. The van der Waals surface area contributed by atoms with E-state index in [2.05, 4.69) is 0 Å². The summed E-state index contributed by atoms with van der Waals surface area (Å²) in [7, 11) is -3.09. The van der Waals surface area contributed by atoms with Gasteiger partial charge in [-0.2, -0.15) is 0 Å². The molecular formula is C13H16FNO3S. The molecule has 0 bridgehead atoms. The minimum absolute atomic E-state index is 0.113. The van der Waals surface area contributed by atoms with Crippen LogP contribution in [0, 0.1) is 5.82 Å². The first kappa shape index (κ1) is 14.0. The van der Waals surface area contributed by atoms with E-state index in [1.54, 1.807) is 17.0 Å². The van der Waals surface area contributed by atoms with E-state index in [1.807, 2.05) is 0 Å². The Morgan fingerprint density at radius 2 is 2.00 bits per heavy atom. The highest BCUT2D eigenvalue weighted by atomic mass is 32.2. The third kappa shape index (κ3) is 3.53. The van der Waals surface area contributed by atoms with E-state index in [9.17, 15) is 17.6 Å². The van der Waals surface area contributed by atoms with Gasteiger partial charge in [-0.3, -0.25) is 4.79 Å². The summed E-state index contributed by atoms with van der Waals surface area (Å²) in [6, 6.07) is 5.76. The van der Waals surface area contributed by atoms with Gasteiger partial charge in [-0.25, -0.2) is 12.8 Å². The summed E-state index contributed by atoms with van der Waals surface area (Å²) in [5, 5.41) is -0.454. The molecule has 1 saturated heterocycles. The summed E-state index contributed by atoms with van der Waals surface area (Å²) in [5.74, 6) is -0.452. The first-order valence-corrected chi connectivity index (χ1v) is 8.03. The Morgan fingerprint density at radius 1 is 1.37 bits per heavy atom. The van der Waals surface area contributed by atoms with Gasteiger partial charge in [-0.1, -0.05) is 12.1 Å². The Kier molecular flexibility index (Phi) is 3.89. The van der Waals surface area contributed by atoms with E-state index in [0.29, 0.717) is 13.0 Å². The average molecular weight is 285 g/mol. The minimum Gasteiger partial charge on any atom is -0.341 e. The van der Waals surface area contributed by atoms with E-state index in [0.717, 1.165) is 5.56 Å². The van der Waals surface area contributed by atoms with Gasteiger partial charge < -0.3 is 4.90 Å². The molecule has 4 nitrogen and oxygen atoms in total. The van der Waals surface area contributed by atoms with Gasteiger partial charge in [0.25, 0.3) is 0 Å². The van der Waals surface area contributed by atoms with Gasteiger partial charge in [-0.05, 0) is 24.1 Å². The zero-order valence-electron chi connectivity index (χ0n) is 10.7. The van der Waals surface area contributed by atoms with Gasteiger partial charge in [-0.15, -0.1) is 0 Å². The van der Waals surface area contributed by atoms with Crippen molar-refractivity contribution in [1.29, 1.82) is 0 Å². The standard InChI is InChI=1S/C13H16FNO3S/c1-19(17,18)12-6-7-15(9-12)13(16)8-10-2-4-11(14)5-3-10/h2-5,12H,6-9H2,1H3. The van der Waals surface area contributed by atoms with Crippen LogP contribution in [0.15, 0.2) is 24.3 Å². The summed E-state index contributed by atoms with van der Waals surface area (Å²) < 4.78 is 35.6. The first-order valence-electron chi connectivity index (χ1n) is 6.07. The molecule has 1 aromatic rings. The lowest BCUT2D eigenvalue weighted by atomic mass is 10.1. The number of sulfone groups is 1. The van der Waals surface area contributed by atoms with Crippen molar-refractivity contribution in [2.75, 3.05) is 19.3 Å². The second kappa shape index (κ2) is 5.28. The van der Waals surface area contributed by atoms with E-state index in [-0.39, 0.29) is 24.7 Å². The van der Waals surface area contributed by atoms with Gasteiger partial charge in [0.05, 0.1) is 11.7 Å². The number of benzene rings is 1. The normalized spacial score (nSPS) is 19.7. The molecule has 2 rings (SSSR count). The second-order valence-corrected chi connectivity index (χ2v) is 7.21. The van der Waals surface area contributed by atoms with Crippen LogP contribution in [0.5, 0.6) is 0 Å². The Balaban J connectivity index is 1.97. The average Bonchev–Trinajstić information content (AvgIpc) is 2.81. The summed E-state index contributed by atoms with van der Waals surface area (Å²) in [5.41, 5.74) is 0.731. The van der Waals surface area contributed by atoms with Crippen molar-refractivity contribution in [3.05, 3.63) is 35.6 Å². The number of hydrogen-bond donors (Lipinski definition) is 0. The topological polar surface area (TPSA) is 54.5 Å². The van der Waals surface area contributed by atoms with Crippen LogP contribution in [0.25, 0.3) is 0 Å². The highest BCUT2D eigenvalue weighted by Gasteiger charge is 2.32. The smallest absolute Gasteiger partial charge is 0.227 e. The maximum absolute atomic E-state index is 12.7. The molecule has 1 heterocycles. The van der Waals surface area contributed by atoms with Crippen molar-refractivity contribution in [3.8, 4) is 0 Å². The van der Waals surface area contributed by atoms with Gasteiger partial charge in [0.1, 0.15) is 5.82 Å². The third-order valence-electron chi connectivity index (χ3n) is 3.37. The number of carbonyl (C=O) groups is 1. The highest BCUT2D eigenvalue weighted by Crippen LogP contribution is 2.17. The van der Waals surface area contributed by atoms with Crippen molar-refractivity contribution in [2.45, 2.75) is 18.1 Å². The Morgan fingerprint density at radius 3 is 2.53 bits per heavy atom. The lowest BCUT2D eigenvalue weighted by Crippen LogP contribution is -2.32. The molecule has 104 valence electrons. The van der Waals surface area contributed by atoms with Crippen LogP contribution in [0.3, 0.4) is 0 Å². The predicted molar refractivity (Wildman–Crippen MR) is 69.9 cm³/mol. The molecule has 0 radical (unpaired) electrons. The van der Waals surface area contributed by atoms with Gasteiger partial charge in [0, 0.05) is 19.3 Å². The maximum atomic E-state index is 12.7. The zero-order valence-corrected chi connectivity index (χ0v) is 11.5. The van der Waals surface area contributed by atoms with Crippen LogP contribution in [-0.4, -0.2) is 43.8 Å². The van der Waals surface area contributed by atoms with Gasteiger partial charge in [0.2, 0.25) is 5.91 Å². The van der Waals surface area contributed by atoms with Crippen LogP contribution in [-0.2, 0) is 21.1 Å². The van der Waals surface area contributed by atoms with Crippen LogP contribution < -0.4 is 0 Å². The Hall–Kier alpha value is -1.43. The monoisotopic (exact) mass is 285 g/mol. The van der Waals surface area contributed by atoms with Crippen molar-refractivity contribution in [2.24, 2.45) is 0 Å². The number of halogens is 1. The molecule has 0 N–H and O–H groups in total. The maximum Gasteiger partial charge on any atom is 0.227 e. The number of carbonyl (C=O) groups excluding carboxylic acids is 1. The lowest BCUT2D eigenvalue weighted by molar-refractivity contribution is -0.129. The summed E-state index contributed by atoms with van der Waals surface area (Å²) in [6.07, 6.45) is 1.87. The zero-order chi connectivity index (χ0) is 14.0. The first-order chi connectivity index (χ1) is 8.86. The quantitative estimate of drug-likeness (QED) is 0.833. The number of likely N-dealkylation sites (tertiary alicyclic amines) is 1. The molecule has 0 spiro atoms. The Bertz CT molecular complexity index is 568. The van der Waals surface area contributed by atoms with Crippen molar-refractivity contribution >= 4 is 15.7 Å². The largest absolute Gasteiger partial charge is 0.341 e. The second-order valence-electron chi connectivity index (χ2n) is 4.88. The van der Waals surface area contributed by atoms with E-state index >= 15 is 0 Å². The van der Waals surface area contributed by atoms with Gasteiger partial charge in [0.15, 0.2) is 9.84 Å². The third-order valence-corrected chi connectivity index (χ3v) is 4.97. The van der Waals surface area contributed by atoms with E-state index in [4.69, 9.17) is 0 Å². The van der Waals surface area contributed by atoms with Crippen LogP contribution >= 0.6 is 0 Å². The van der Waals surface area contributed by atoms with Gasteiger partial charge >= 0.3 is 0 Å². The number of rotatable bonds is 3. The van der Waals surface area contributed by atoms with Crippen molar-refractivity contribution in [1.82, 2.24) is 4.90 Å².